The van der Waals surface area contributed by atoms with Gasteiger partial charge >= 0.3 is 0 Å². The fourth-order valence-electron chi connectivity index (χ4n) is 8.83. The van der Waals surface area contributed by atoms with Gasteiger partial charge in [0, 0.05) is 103 Å². The molecule has 0 spiro atoms. The molecular formula is C48H55ClN8O5S2. The van der Waals surface area contributed by atoms with Gasteiger partial charge < -0.3 is 20.4 Å². The lowest BCUT2D eigenvalue weighted by molar-refractivity contribution is -0.384. The lowest BCUT2D eigenvalue weighted by Crippen LogP contribution is -2.46. The Morgan fingerprint density at radius 1 is 0.938 bits per heavy atom. The molecule has 3 aliphatic rings. The van der Waals surface area contributed by atoms with Gasteiger partial charge in [0.15, 0.2) is 0 Å². The molecule has 3 saturated heterocycles. The molecule has 3 heterocycles. The minimum Gasteiger partial charge on any atom is -0.376 e. The van der Waals surface area contributed by atoms with Gasteiger partial charge in [-0.05, 0) is 116 Å². The Morgan fingerprint density at radius 2 is 1.69 bits per heavy atom. The van der Waals surface area contributed by atoms with Crippen molar-refractivity contribution in [2.24, 2.45) is 0 Å². The largest absolute Gasteiger partial charge is 0.376 e. The molecule has 336 valence electrons. The minimum atomic E-state index is -4.44. The van der Waals surface area contributed by atoms with Gasteiger partial charge in [0.05, 0.1) is 9.82 Å². The third kappa shape index (κ3) is 11.4. The molecule has 3 N–H and O–H groups in total. The van der Waals surface area contributed by atoms with Crippen molar-refractivity contribution in [3.63, 3.8) is 0 Å². The molecule has 0 aliphatic carbocycles. The Hall–Kier alpha value is -5.00. The average molecular weight is 924 g/mol. The number of nitrogens with one attached hydrogen (secondary N) is 3. The number of piperazine rings is 2. The fraction of sp³-hybridized carbons (Fsp3) is 0.354. The molecule has 2 unspecified atom stereocenters. The van der Waals surface area contributed by atoms with Crippen LogP contribution in [0, 0.1) is 10.1 Å². The van der Waals surface area contributed by atoms with Crippen molar-refractivity contribution in [1.82, 2.24) is 24.7 Å². The first-order chi connectivity index (χ1) is 30.9. The smallest absolute Gasteiger partial charge is 0.293 e. The van der Waals surface area contributed by atoms with E-state index < -0.39 is 26.5 Å². The van der Waals surface area contributed by atoms with E-state index in [4.69, 9.17) is 11.6 Å². The summed E-state index contributed by atoms with van der Waals surface area (Å²) in [5.74, 6) is -0.185. The number of rotatable bonds is 18. The standard InChI is InChI=1S/C48H55ClN8O5S2/c1-53(2)21-20-39(33-63-43-6-4-3-5-7-43)51-46-19-17-44(28-47(46)57(59)60)64(61,62)52-48(58)36-11-15-41(16-12-36)55-24-22-54(23-25-55)31-37-26-34(30-56-32-40-27-42(56)29-50-40)8-18-45(37)35-9-13-38(49)14-10-35/h3-19,26,28,39-40,42,50-51H,20-25,27,29-33H2,1-2H3,(H,52,58)/t39?,40-,42?/m1/s1. The van der Waals surface area contributed by atoms with Gasteiger partial charge in [-0.1, -0.05) is 60.1 Å². The minimum absolute atomic E-state index is 0.144. The molecule has 3 fully saturated rings. The number of carbonyl (C=O) groups is 1. The van der Waals surface area contributed by atoms with Crippen molar-refractivity contribution < 1.29 is 18.1 Å². The number of nitrogens with zero attached hydrogens (tertiary/aromatic N) is 5. The Balaban J connectivity index is 0.882. The van der Waals surface area contributed by atoms with Crippen molar-refractivity contribution >= 4 is 56.4 Å². The van der Waals surface area contributed by atoms with E-state index in [1.807, 2.05) is 73.6 Å². The quantitative estimate of drug-likeness (QED) is 0.0457. The van der Waals surface area contributed by atoms with Crippen LogP contribution in [0.2, 0.25) is 5.02 Å². The van der Waals surface area contributed by atoms with E-state index in [1.165, 1.54) is 35.2 Å². The molecule has 64 heavy (non-hydrogen) atoms. The van der Waals surface area contributed by atoms with E-state index in [0.29, 0.717) is 29.3 Å². The van der Waals surface area contributed by atoms with Crippen molar-refractivity contribution in [3.05, 3.63) is 147 Å². The maximum absolute atomic E-state index is 13.5. The van der Waals surface area contributed by atoms with E-state index >= 15 is 0 Å². The number of hydrogen-bond acceptors (Lipinski definition) is 12. The van der Waals surface area contributed by atoms with Gasteiger partial charge in [0.2, 0.25) is 0 Å². The van der Waals surface area contributed by atoms with Crippen LogP contribution < -0.4 is 20.3 Å². The molecule has 0 aromatic heterocycles. The first kappa shape index (κ1) is 45.6. The summed E-state index contributed by atoms with van der Waals surface area (Å²) in [6.45, 7) is 7.93. The number of hydrogen-bond donors (Lipinski definition) is 3. The van der Waals surface area contributed by atoms with Gasteiger partial charge in [-0.3, -0.25) is 24.7 Å². The number of nitro groups is 1. The number of likely N-dealkylation sites (tertiary alicyclic amines) is 1. The molecule has 0 saturated carbocycles. The number of sulfonamides is 1. The number of benzene rings is 5. The predicted octanol–water partition coefficient (Wildman–Crippen LogP) is 7.43. The predicted molar refractivity (Wildman–Crippen MR) is 257 cm³/mol. The molecule has 3 aliphatic heterocycles. The maximum Gasteiger partial charge on any atom is 0.293 e. The molecule has 3 atom stereocenters. The second kappa shape index (κ2) is 20.4. The molecule has 0 radical (unpaired) electrons. The first-order valence-corrected chi connectivity index (χ1v) is 24.6. The highest BCUT2D eigenvalue weighted by Gasteiger charge is 2.37. The highest BCUT2D eigenvalue weighted by Crippen LogP contribution is 2.32. The van der Waals surface area contributed by atoms with Crippen molar-refractivity contribution in [3.8, 4) is 11.1 Å². The number of anilines is 2. The van der Waals surface area contributed by atoms with Crippen molar-refractivity contribution in [2.45, 2.75) is 53.8 Å². The zero-order valence-corrected chi connectivity index (χ0v) is 38.5. The third-order valence-electron chi connectivity index (χ3n) is 12.3. The van der Waals surface area contributed by atoms with Crippen LogP contribution in [0.3, 0.4) is 0 Å². The first-order valence-electron chi connectivity index (χ1n) is 21.7. The summed E-state index contributed by atoms with van der Waals surface area (Å²) in [5.41, 5.74) is 5.89. The van der Waals surface area contributed by atoms with Gasteiger partial charge in [0.25, 0.3) is 21.6 Å². The Labute approximate surface area is 385 Å². The van der Waals surface area contributed by atoms with E-state index in [9.17, 15) is 23.3 Å². The van der Waals surface area contributed by atoms with E-state index in [-0.39, 0.29) is 22.2 Å². The van der Waals surface area contributed by atoms with E-state index in [2.05, 4.69) is 60.4 Å². The lowest BCUT2D eigenvalue weighted by atomic mass is 9.96. The fourth-order valence-corrected chi connectivity index (χ4v) is 10.9. The lowest BCUT2D eigenvalue weighted by Gasteiger charge is -2.36. The monoisotopic (exact) mass is 922 g/mol. The third-order valence-corrected chi connectivity index (χ3v) is 15.1. The van der Waals surface area contributed by atoms with Gasteiger partial charge in [-0.2, -0.15) is 0 Å². The normalized spacial score (nSPS) is 18.3. The topological polar surface area (TPSA) is 143 Å². The summed E-state index contributed by atoms with van der Waals surface area (Å²) >= 11 is 7.89. The summed E-state index contributed by atoms with van der Waals surface area (Å²) in [4.78, 5) is 35.0. The summed E-state index contributed by atoms with van der Waals surface area (Å²) < 4.78 is 29.1. The van der Waals surface area contributed by atoms with E-state index in [1.54, 1.807) is 23.9 Å². The van der Waals surface area contributed by atoms with Crippen LogP contribution in [0.15, 0.2) is 125 Å². The number of amides is 1. The second-order valence-corrected chi connectivity index (χ2v) is 20.4. The van der Waals surface area contributed by atoms with Crippen LogP contribution in [0.1, 0.15) is 34.3 Å². The number of nitro benzene ring substituents is 1. The van der Waals surface area contributed by atoms with Gasteiger partial charge in [-0.25, -0.2) is 13.1 Å². The van der Waals surface area contributed by atoms with Crippen LogP contribution >= 0.6 is 23.4 Å². The number of thioether (sulfide) groups is 1. The summed E-state index contributed by atoms with van der Waals surface area (Å²) in [5, 5.41) is 19.9. The zero-order valence-electron chi connectivity index (χ0n) is 36.2. The number of fused-ring (bicyclic) bond motifs is 2. The highest BCUT2D eigenvalue weighted by molar-refractivity contribution is 7.99. The molecule has 8 rings (SSSR count). The summed E-state index contributed by atoms with van der Waals surface area (Å²) in [6, 6.07) is 36.5. The SMILES string of the molecule is CN(C)CCC(CSc1ccccc1)Nc1ccc(S(=O)(=O)NC(=O)c2ccc(N3CCN(Cc4cc(CN5C[C@H]6CC5CN6)ccc4-c4ccc(Cl)cc4)CC3)cc2)cc1[N+](=O)[O-]. The Morgan fingerprint density at radius 3 is 2.36 bits per heavy atom. The maximum atomic E-state index is 13.5. The van der Waals surface area contributed by atoms with Crippen molar-refractivity contribution in [2.75, 3.05) is 75.9 Å². The number of halogens is 1. The van der Waals surface area contributed by atoms with E-state index in [0.717, 1.165) is 81.1 Å². The highest BCUT2D eigenvalue weighted by atomic mass is 35.5. The van der Waals surface area contributed by atoms with Crippen molar-refractivity contribution in [1.29, 1.82) is 0 Å². The average Bonchev–Trinajstić information content (AvgIpc) is 3.92. The Kier molecular flexibility index (Phi) is 14.6. The van der Waals surface area contributed by atoms with Gasteiger partial charge in [0.1, 0.15) is 5.69 Å². The van der Waals surface area contributed by atoms with Crippen LogP contribution in [0.4, 0.5) is 17.1 Å². The molecule has 13 nitrogen and oxygen atoms in total. The molecule has 2 bridgehead atoms. The second-order valence-electron chi connectivity index (χ2n) is 17.2. The van der Waals surface area contributed by atoms with Crippen LogP contribution in [-0.2, 0) is 23.1 Å². The number of carbonyl (C=O) groups excluding carboxylic acids is 1. The molecule has 5 aromatic rings. The summed E-state index contributed by atoms with van der Waals surface area (Å²) in [7, 11) is -0.517. The van der Waals surface area contributed by atoms with Crippen LogP contribution in [-0.4, -0.2) is 118 Å². The van der Waals surface area contributed by atoms with Crippen LogP contribution in [0.25, 0.3) is 11.1 Å². The summed E-state index contributed by atoms with van der Waals surface area (Å²) in [6.07, 6.45) is 1.93. The molecular weight excluding hydrogens is 868 g/mol. The molecule has 16 heteroatoms. The molecule has 5 aromatic carbocycles. The zero-order chi connectivity index (χ0) is 44.8. The van der Waals surface area contributed by atoms with Gasteiger partial charge in [-0.15, -0.1) is 11.8 Å². The molecule has 1 amide bonds. The Bertz CT molecular complexity index is 2520. The van der Waals surface area contributed by atoms with Crippen LogP contribution in [0.5, 0.6) is 0 Å².